The summed E-state index contributed by atoms with van der Waals surface area (Å²) in [4.78, 5) is 3.29. The molecule has 2 aromatic heterocycles. The first kappa shape index (κ1) is 16.2. The fraction of sp³-hybridized carbons (Fsp3) is 0.429. The van der Waals surface area contributed by atoms with Gasteiger partial charge in [-0.2, -0.15) is 11.3 Å². The minimum Gasteiger partial charge on any atom is -0.363 e. The molecular weight excluding hydrogens is 306 g/mol. The van der Waals surface area contributed by atoms with Crippen LogP contribution in [0.4, 0.5) is 0 Å². The Kier molecular flexibility index (Phi) is 5.98. The fourth-order valence-electron chi connectivity index (χ4n) is 1.92. The molecule has 0 amide bonds. The van der Waals surface area contributed by atoms with Gasteiger partial charge < -0.3 is 10.3 Å². The molecule has 0 spiro atoms. The second-order valence-electron chi connectivity index (χ2n) is 4.82. The van der Waals surface area contributed by atoms with E-state index in [1.54, 1.807) is 17.4 Å². The lowest BCUT2D eigenvalue weighted by molar-refractivity contribution is 0.582. The molecule has 21 heavy (non-hydrogen) atoms. The molecule has 2 heterocycles. The Hall–Kier alpha value is -1.15. The highest BCUT2D eigenvalue weighted by atomic mass is 32.2. The van der Waals surface area contributed by atoms with Crippen molar-refractivity contribution in [2.45, 2.75) is 31.2 Å². The van der Waals surface area contributed by atoms with Crippen molar-refractivity contribution in [3.63, 3.8) is 0 Å². The summed E-state index contributed by atoms with van der Waals surface area (Å²) in [5, 5.41) is 7.25. The molecule has 0 unspecified atom stereocenters. The first-order chi connectivity index (χ1) is 10.1. The summed E-state index contributed by atoms with van der Waals surface area (Å²) in [6, 6.07) is 3.68. The van der Waals surface area contributed by atoms with E-state index in [9.17, 15) is 8.42 Å². The molecule has 7 heteroatoms. The van der Waals surface area contributed by atoms with Gasteiger partial charge in [-0.15, -0.1) is 0 Å². The average Bonchev–Trinajstić information content (AvgIpc) is 3.10. The van der Waals surface area contributed by atoms with Gasteiger partial charge in [0.25, 0.3) is 0 Å². The van der Waals surface area contributed by atoms with Crippen LogP contribution >= 0.6 is 11.3 Å². The Morgan fingerprint density at radius 2 is 2.19 bits per heavy atom. The van der Waals surface area contributed by atoms with Gasteiger partial charge in [0.15, 0.2) is 0 Å². The van der Waals surface area contributed by atoms with Crippen LogP contribution in [-0.4, -0.2) is 26.5 Å². The molecule has 2 rings (SSSR count). The highest BCUT2D eigenvalue weighted by Gasteiger charge is 2.15. The van der Waals surface area contributed by atoms with Crippen LogP contribution in [0.5, 0.6) is 0 Å². The number of hydrogen-bond acceptors (Lipinski definition) is 4. The van der Waals surface area contributed by atoms with E-state index in [4.69, 9.17) is 0 Å². The minimum absolute atomic E-state index is 0.293. The normalized spacial score (nSPS) is 11.9. The van der Waals surface area contributed by atoms with Gasteiger partial charge in [-0.05, 0) is 47.8 Å². The summed E-state index contributed by atoms with van der Waals surface area (Å²) in [7, 11) is -3.43. The van der Waals surface area contributed by atoms with Crippen molar-refractivity contribution in [1.29, 1.82) is 0 Å². The van der Waals surface area contributed by atoms with Crippen LogP contribution in [0.15, 0.2) is 34.0 Å². The van der Waals surface area contributed by atoms with Crippen LogP contribution in [-0.2, 0) is 23.0 Å². The molecule has 0 fully saturated rings. The molecule has 0 aromatic carbocycles. The number of hydrogen-bond donors (Lipinski definition) is 3. The van der Waals surface area contributed by atoms with E-state index in [0.29, 0.717) is 24.4 Å². The number of rotatable bonds is 9. The molecular formula is C14H21N3O2S2. The third kappa shape index (κ3) is 4.96. The molecule has 5 nitrogen and oxygen atoms in total. The highest BCUT2D eigenvalue weighted by Crippen LogP contribution is 2.11. The van der Waals surface area contributed by atoms with Crippen molar-refractivity contribution < 1.29 is 8.42 Å². The lowest BCUT2D eigenvalue weighted by Crippen LogP contribution is -2.25. The molecule has 0 saturated carbocycles. The van der Waals surface area contributed by atoms with Crippen molar-refractivity contribution in [3.8, 4) is 0 Å². The van der Waals surface area contributed by atoms with E-state index in [0.717, 1.165) is 24.2 Å². The molecule has 2 aromatic rings. The summed E-state index contributed by atoms with van der Waals surface area (Å²) in [5.74, 6) is 0. The maximum absolute atomic E-state index is 12.2. The summed E-state index contributed by atoms with van der Waals surface area (Å²) < 4.78 is 26.9. The van der Waals surface area contributed by atoms with Crippen LogP contribution in [0.1, 0.15) is 24.6 Å². The summed E-state index contributed by atoms with van der Waals surface area (Å²) in [6.07, 6.45) is 3.30. The van der Waals surface area contributed by atoms with E-state index in [1.165, 1.54) is 6.20 Å². The molecule has 3 N–H and O–H groups in total. The van der Waals surface area contributed by atoms with E-state index in [2.05, 4.69) is 21.9 Å². The highest BCUT2D eigenvalue weighted by molar-refractivity contribution is 7.89. The lowest BCUT2D eigenvalue weighted by atomic mass is 10.2. The Labute approximate surface area is 129 Å². The summed E-state index contributed by atoms with van der Waals surface area (Å²) in [5.41, 5.74) is 2.03. The van der Waals surface area contributed by atoms with Gasteiger partial charge in [0.2, 0.25) is 10.0 Å². The smallest absolute Gasteiger partial charge is 0.242 e. The Morgan fingerprint density at radius 3 is 2.90 bits per heavy atom. The van der Waals surface area contributed by atoms with Gasteiger partial charge in [0.1, 0.15) is 0 Å². The molecule has 0 radical (unpaired) electrons. The quantitative estimate of drug-likeness (QED) is 0.618. The minimum atomic E-state index is -3.43. The van der Waals surface area contributed by atoms with Gasteiger partial charge in [-0.25, -0.2) is 13.1 Å². The molecule has 0 aliphatic rings. The van der Waals surface area contributed by atoms with Crippen molar-refractivity contribution >= 4 is 21.4 Å². The van der Waals surface area contributed by atoms with Crippen LogP contribution < -0.4 is 10.0 Å². The maximum Gasteiger partial charge on any atom is 0.242 e. The van der Waals surface area contributed by atoms with Gasteiger partial charge in [0, 0.05) is 25.0 Å². The zero-order valence-corrected chi connectivity index (χ0v) is 13.7. The molecule has 0 aliphatic heterocycles. The monoisotopic (exact) mass is 327 g/mol. The average molecular weight is 327 g/mol. The summed E-state index contributed by atoms with van der Waals surface area (Å²) >= 11 is 1.62. The van der Waals surface area contributed by atoms with Crippen LogP contribution in [0.3, 0.4) is 0 Å². The van der Waals surface area contributed by atoms with Gasteiger partial charge in [-0.1, -0.05) is 6.92 Å². The zero-order valence-electron chi connectivity index (χ0n) is 12.1. The van der Waals surface area contributed by atoms with Crippen molar-refractivity contribution in [2.75, 3.05) is 13.1 Å². The largest absolute Gasteiger partial charge is 0.363 e. The van der Waals surface area contributed by atoms with E-state index in [-0.39, 0.29) is 0 Å². The van der Waals surface area contributed by atoms with Crippen molar-refractivity contribution in [1.82, 2.24) is 15.0 Å². The molecule has 0 saturated heterocycles. The second kappa shape index (κ2) is 7.74. The predicted molar refractivity (Wildman–Crippen MR) is 86.0 cm³/mol. The first-order valence-corrected chi connectivity index (χ1v) is 9.43. The zero-order chi connectivity index (χ0) is 15.1. The predicted octanol–water partition coefficient (Wildman–Crippen LogP) is 2.10. The third-order valence-corrected chi connectivity index (χ3v) is 5.23. The Bertz CT molecular complexity index is 633. The standard InChI is InChI=1S/C14H21N3O2S2/c1-2-5-15-9-13-8-14(10-16-13)21(18,19)17-6-3-12-4-7-20-11-12/h4,7-8,10-11,15-17H,2-3,5-6,9H2,1H3. The lowest BCUT2D eigenvalue weighted by Gasteiger charge is -2.04. The molecule has 0 atom stereocenters. The van der Waals surface area contributed by atoms with E-state index in [1.807, 2.05) is 16.8 Å². The van der Waals surface area contributed by atoms with Crippen molar-refractivity contribution in [3.05, 3.63) is 40.3 Å². The summed E-state index contributed by atoms with van der Waals surface area (Å²) in [6.45, 7) is 4.07. The second-order valence-corrected chi connectivity index (χ2v) is 7.36. The van der Waals surface area contributed by atoms with Crippen LogP contribution in [0.25, 0.3) is 0 Å². The van der Waals surface area contributed by atoms with Crippen molar-refractivity contribution in [2.24, 2.45) is 0 Å². The number of aromatic nitrogens is 1. The Morgan fingerprint density at radius 1 is 1.33 bits per heavy atom. The molecule has 0 aliphatic carbocycles. The fourth-order valence-corrected chi connectivity index (χ4v) is 3.68. The maximum atomic E-state index is 12.2. The first-order valence-electron chi connectivity index (χ1n) is 7.00. The number of thiophene rings is 1. The van der Waals surface area contributed by atoms with E-state index >= 15 is 0 Å². The topological polar surface area (TPSA) is 74.0 Å². The molecule has 0 bridgehead atoms. The van der Waals surface area contributed by atoms with Gasteiger partial charge in [0.05, 0.1) is 4.90 Å². The number of H-pyrrole nitrogens is 1. The number of nitrogens with one attached hydrogen (secondary N) is 3. The van der Waals surface area contributed by atoms with Crippen LogP contribution in [0.2, 0.25) is 0 Å². The third-order valence-electron chi connectivity index (χ3n) is 3.05. The Balaban J connectivity index is 1.86. The number of aromatic amines is 1. The van der Waals surface area contributed by atoms with E-state index < -0.39 is 10.0 Å². The van der Waals surface area contributed by atoms with Gasteiger partial charge >= 0.3 is 0 Å². The van der Waals surface area contributed by atoms with Gasteiger partial charge in [-0.3, -0.25) is 0 Å². The SMILES string of the molecule is CCCNCc1cc(S(=O)(=O)NCCc2ccsc2)c[nH]1. The number of sulfonamides is 1. The molecule has 116 valence electrons. The van der Waals surface area contributed by atoms with Crippen LogP contribution in [0, 0.1) is 0 Å².